The molecule has 0 fully saturated rings. The largest absolute Gasteiger partial charge is 0.496 e. The van der Waals surface area contributed by atoms with E-state index in [1.807, 2.05) is 65.9 Å². The summed E-state index contributed by atoms with van der Waals surface area (Å²) in [6, 6.07) is 18.8. The number of hydrogen-bond acceptors (Lipinski definition) is 7. The number of Topliss-reactive ketones (excluding diaryl/α,β-unsaturated/α-hetero) is 1. The van der Waals surface area contributed by atoms with Crippen molar-refractivity contribution >= 4 is 45.6 Å². The zero-order valence-corrected chi connectivity index (χ0v) is 19.7. The van der Waals surface area contributed by atoms with Crippen LogP contribution in [-0.2, 0) is 6.54 Å². The first-order chi connectivity index (χ1) is 16.1. The maximum absolute atomic E-state index is 13.4. The summed E-state index contributed by atoms with van der Waals surface area (Å²) >= 11 is 2.80. The molecule has 9 heteroatoms. The molecule has 166 valence electrons. The number of thioether (sulfide) groups is 1. The van der Waals surface area contributed by atoms with Crippen molar-refractivity contribution in [2.75, 3.05) is 12.9 Å². The van der Waals surface area contributed by atoms with E-state index in [-0.39, 0.29) is 23.6 Å². The summed E-state index contributed by atoms with van der Waals surface area (Å²) in [5, 5.41) is 9.80. The minimum absolute atomic E-state index is 0.0431. The van der Waals surface area contributed by atoms with Crippen molar-refractivity contribution in [1.82, 2.24) is 19.2 Å². The first kappa shape index (κ1) is 21.4. The minimum Gasteiger partial charge on any atom is -0.496 e. The van der Waals surface area contributed by atoms with Crippen molar-refractivity contribution < 1.29 is 9.53 Å². The lowest BCUT2D eigenvalue weighted by Gasteiger charge is -2.13. The van der Waals surface area contributed by atoms with Crippen LogP contribution in [0.3, 0.4) is 0 Å². The number of methoxy groups -OCH3 is 1. The second-order valence-electron chi connectivity index (χ2n) is 7.46. The van der Waals surface area contributed by atoms with Gasteiger partial charge in [0.25, 0.3) is 5.56 Å². The lowest BCUT2D eigenvalue weighted by atomic mass is 10.2. The Balaban J connectivity index is 1.60. The van der Waals surface area contributed by atoms with Gasteiger partial charge in [0, 0.05) is 10.4 Å². The lowest BCUT2D eigenvalue weighted by molar-refractivity contribution is 0.102. The van der Waals surface area contributed by atoms with E-state index in [2.05, 4.69) is 10.2 Å². The Bertz CT molecular complexity index is 1550. The average Bonchev–Trinajstić information content (AvgIpc) is 3.47. The zero-order chi connectivity index (χ0) is 22.9. The number of aromatic nitrogens is 4. The van der Waals surface area contributed by atoms with E-state index in [9.17, 15) is 9.59 Å². The second kappa shape index (κ2) is 8.84. The SMILES string of the molecule is COc1ccccc1Cn1c(=O)c2ccccc2n2c(SCC(=O)c3ccc(C)s3)nnc12. The first-order valence-corrected chi connectivity index (χ1v) is 12.1. The molecule has 0 aliphatic carbocycles. The third kappa shape index (κ3) is 3.94. The fourth-order valence-corrected chi connectivity index (χ4v) is 5.48. The predicted octanol–water partition coefficient (Wildman–Crippen LogP) is 4.45. The number of rotatable bonds is 7. The summed E-state index contributed by atoms with van der Waals surface area (Å²) in [6.07, 6.45) is 0. The van der Waals surface area contributed by atoms with Gasteiger partial charge in [-0.2, -0.15) is 0 Å². The summed E-state index contributed by atoms with van der Waals surface area (Å²) in [7, 11) is 1.61. The van der Waals surface area contributed by atoms with Crippen LogP contribution in [0.15, 0.2) is 70.6 Å². The van der Waals surface area contributed by atoms with E-state index in [1.54, 1.807) is 17.7 Å². The molecule has 3 aromatic heterocycles. The lowest BCUT2D eigenvalue weighted by Crippen LogP contribution is -2.24. The zero-order valence-electron chi connectivity index (χ0n) is 18.0. The quantitative estimate of drug-likeness (QED) is 0.255. The van der Waals surface area contributed by atoms with Gasteiger partial charge in [0.05, 0.1) is 35.2 Å². The van der Waals surface area contributed by atoms with Crippen LogP contribution in [0.4, 0.5) is 0 Å². The van der Waals surface area contributed by atoms with Crippen LogP contribution in [0.2, 0.25) is 0 Å². The number of para-hydroxylation sites is 2. The highest BCUT2D eigenvalue weighted by molar-refractivity contribution is 7.99. The average molecular weight is 477 g/mol. The van der Waals surface area contributed by atoms with Gasteiger partial charge in [0.15, 0.2) is 10.9 Å². The number of carbonyl (C=O) groups is 1. The molecule has 0 amide bonds. The normalized spacial score (nSPS) is 11.3. The molecule has 0 atom stereocenters. The summed E-state index contributed by atoms with van der Waals surface area (Å²) in [5.74, 6) is 1.40. The summed E-state index contributed by atoms with van der Waals surface area (Å²) in [5.41, 5.74) is 1.42. The first-order valence-electron chi connectivity index (χ1n) is 10.3. The number of aryl methyl sites for hydroxylation is 1. The highest BCUT2D eigenvalue weighted by atomic mass is 32.2. The fourth-order valence-electron chi connectivity index (χ4n) is 3.76. The Morgan fingerprint density at radius 2 is 1.85 bits per heavy atom. The van der Waals surface area contributed by atoms with E-state index in [0.717, 1.165) is 15.3 Å². The number of carbonyl (C=O) groups excluding carboxylic acids is 1. The maximum atomic E-state index is 13.4. The van der Waals surface area contributed by atoms with Crippen LogP contribution < -0.4 is 10.3 Å². The highest BCUT2D eigenvalue weighted by Gasteiger charge is 2.19. The Hall–Kier alpha value is -3.43. The van der Waals surface area contributed by atoms with E-state index < -0.39 is 0 Å². The molecule has 0 aliphatic heterocycles. The molecule has 0 N–H and O–H groups in total. The second-order valence-corrected chi connectivity index (χ2v) is 9.69. The maximum Gasteiger partial charge on any atom is 0.263 e. The smallest absolute Gasteiger partial charge is 0.263 e. The van der Waals surface area contributed by atoms with Crippen LogP contribution in [0.25, 0.3) is 16.7 Å². The van der Waals surface area contributed by atoms with Gasteiger partial charge < -0.3 is 4.74 Å². The Labute approximate surface area is 197 Å². The molecule has 2 aromatic carbocycles. The number of ether oxygens (including phenoxy) is 1. The Kier molecular flexibility index (Phi) is 5.74. The topological polar surface area (TPSA) is 78.5 Å². The molecular weight excluding hydrogens is 456 g/mol. The van der Waals surface area contributed by atoms with Crippen molar-refractivity contribution in [3.05, 3.63) is 86.3 Å². The van der Waals surface area contributed by atoms with E-state index in [1.165, 1.54) is 23.1 Å². The number of fused-ring (bicyclic) bond motifs is 3. The molecule has 7 nitrogen and oxygen atoms in total. The van der Waals surface area contributed by atoms with Crippen LogP contribution >= 0.6 is 23.1 Å². The molecule has 0 saturated heterocycles. The molecule has 3 heterocycles. The van der Waals surface area contributed by atoms with E-state index >= 15 is 0 Å². The van der Waals surface area contributed by atoms with Crippen molar-refractivity contribution in [1.29, 1.82) is 0 Å². The van der Waals surface area contributed by atoms with Gasteiger partial charge in [-0.05, 0) is 37.3 Å². The predicted molar refractivity (Wildman–Crippen MR) is 131 cm³/mol. The highest BCUT2D eigenvalue weighted by Crippen LogP contribution is 2.25. The van der Waals surface area contributed by atoms with Crippen molar-refractivity contribution in [2.45, 2.75) is 18.6 Å². The molecule has 0 spiro atoms. The monoisotopic (exact) mass is 476 g/mol. The van der Waals surface area contributed by atoms with Gasteiger partial charge in [0.2, 0.25) is 5.78 Å². The number of ketones is 1. The minimum atomic E-state index is -0.155. The molecule has 5 rings (SSSR count). The number of benzene rings is 2. The van der Waals surface area contributed by atoms with Crippen molar-refractivity contribution in [3.8, 4) is 5.75 Å². The van der Waals surface area contributed by atoms with Crippen LogP contribution in [-0.4, -0.2) is 37.8 Å². The summed E-state index contributed by atoms with van der Waals surface area (Å²) in [4.78, 5) is 27.9. The molecule has 0 radical (unpaired) electrons. The fraction of sp³-hybridized carbons (Fsp3) is 0.167. The molecule has 0 aliphatic rings. The van der Waals surface area contributed by atoms with Crippen LogP contribution in [0.5, 0.6) is 5.75 Å². The van der Waals surface area contributed by atoms with Crippen molar-refractivity contribution in [3.63, 3.8) is 0 Å². The number of nitrogens with zero attached hydrogens (tertiary/aromatic N) is 4. The molecule has 5 aromatic rings. The van der Waals surface area contributed by atoms with Crippen LogP contribution in [0, 0.1) is 6.92 Å². The summed E-state index contributed by atoms with van der Waals surface area (Å²) < 4.78 is 8.92. The number of thiophene rings is 1. The Morgan fingerprint density at radius 1 is 1.06 bits per heavy atom. The van der Waals surface area contributed by atoms with Crippen LogP contribution in [0.1, 0.15) is 20.1 Å². The molecular formula is C24H20N4O3S2. The van der Waals surface area contributed by atoms with Gasteiger partial charge in [-0.3, -0.25) is 18.6 Å². The Morgan fingerprint density at radius 3 is 2.64 bits per heavy atom. The van der Waals surface area contributed by atoms with Gasteiger partial charge in [0.1, 0.15) is 5.75 Å². The van der Waals surface area contributed by atoms with E-state index in [4.69, 9.17) is 4.74 Å². The third-order valence-corrected chi connectivity index (χ3v) is 7.32. The van der Waals surface area contributed by atoms with E-state index in [0.29, 0.717) is 27.6 Å². The van der Waals surface area contributed by atoms with Gasteiger partial charge in [-0.25, -0.2) is 0 Å². The van der Waals surface area contributed by atoms with Gasteiger partial charge in [-0.15, -0.1) is 21.5 Å². The molecule has 0 saturated carbocycles. The third-order valence-electron chi connectivity index (χ3n) is 5.35. The molecule has 33 heavy (non-hydrogen) atoms. The number of hydrogen-bond donors (Lipinski definition) is 0. The van der Waals surface area contributed by atoms with Gasteiger partial charge in [-0.1, -0.05) is 42.1 Å². The van der Waals surface area contributed by atoms with Gasteiger partial charge >= 0.3 is 0 Å². The standard InChI is InChI=1S/C24H20N4O3S2/c1-15-11-12-21(33-15)19(29)14-32-24-26-25-23-27(13-16-7-3-6-10-20(16)31-2)22(30)17-8-4-5-9-18(17)28(23)24/h3-12H,13-14H2,1-2H3. The molecule has 0 bridgehead atoms. The summed E-state index contributed by atoms with van der Waals surface area (Å²) in [6.45, 7) is 2.27. The van der Waals surface area contributed by atoms with Crippen molar-refractivity contribution in [2.24, 2.45) is 0 Å². The molecule has 0 unspecified atom stereocenters.